The van der Waals surface area contributed by atoms with Crippen molar-refractivity contribution in [3.05, 3.63) is 23.8 Å². The molecule has 0 aliphatic rings. The molecule has 11 heavy (non-hydrogen) atoms. The minimum Gasteiger partial charge on any atom is -0.385 e. The molecule has 56 valence electrons. The Hall–Kier alpha value is -0.915. The maximum Gasteiger partial charge on any atom is 0.114 e. The van der Waals surface area contributed by atoms with Crippen LogP contribution in [0.4, 0.5) is 5.69 Å². The van der Waals surface area contributed by atoms with E-state index in [4.69, 9.17) is 7.85 Å². The molecule has 2 heteroatoms. The highest BCUT2D eigenvalue weighted by atomic mass is 14.8. The van der Waals surface area contributed by atoms with Gasteiger partial charge in [0.15, 0.2) is 0 Å². The summed E-state index contributed by atoms with van der Waals surface area (Å²) in [6.07, 6.45) is 0. The van der Waals surface area contributed by atoms with E-state index in [0.29, 0.717) is 0 Å². The number of hydrogen-bond donors (Lipinski definition) is 1. The molecule has 0 aromatic heterocycles. The maximum atomic E-state index is 5.66. The Kier molecular flexibility index (Phi) is 2.58. The number of benzene rings is 1. The highest BCUT2D eigenvalue weighted by Crippen LogP contribution is 2.06. The van der Waals surface area contributed by atoms with Crippen molar-refractivity contribution in [1.82, 2.24) is 0 Å². The second-order valence-corrected chi connectivity index (χ2v) is 2.60. The van der Waals surface area contributed by atoms with Gasteiger partial charge in [-0.1, -0.05) is 17.1 Å². The zero-order chi connectivity index (χ0) is 8.27. The van der Waals surface area contributed by atoms with E-state index in [9.17, 15) is 0 Å². The molecule has 0 fully saturated rings. The van der Waals surface area contributed by atoms with Gasteiger partial charge in [0.1, 0.15) is 7.85 Å². The summed E-state index contributed by atoms with van der Waals surface area (Å²) in [5, 5.41) is 3.22. The Bertz CT molecular complexity index is 245. The van der Waals surface area contributed by atoms with Crippen molar-refractivity contribution in [3.63, 3.8) is 0 Å². The van der Waals surface area contributed by atoms with E-state index < -0.39 is 0 Å². The average molecular weight is 145 g/mol. The van der Waals surface area contributed by atoms with Crippen molar-refractivity contribution in [2.45, 2.75) is 13.8 Å². The van der Waals surface area contributed by atoms with Crippen LogP contribution < -0.4 is 10.8 Å². The van der Waals surface area contributed by atoms with Crippen LogP contribution in [0.25, 0.3) is 0 Å². The molecule has 0 spiro atoms. The highest BCUT2D eigenvalue weighted by Gasteiger charge is 1.92. The van der Waals surface area contributed by atoms with Crippen LogP contribution in [0.15, 0.2) is 18.2 Å². The molecule has 2 radical (unpaired) electrons. The van der Waals surface area contributed by atoms with Crippen LogP contribution in [-0.4, -0.2) is 14.4 Å². The van der Waals surface area contributed by atoms with Crippen LogP contribution in [0.1, 0.15) is 12.5 Å². The first-order valence-corrected chi connectivity index (χ1v) is 3.84. The molecule has 1 N–H and O–H groups in total. The Morgan fingerprint density at radius 2 is 2.18 bits per heavy atom. The zero-order valence-electron chi connectivity index (χ0n) is 7.02. The van der Waals surface area contributed by atoms with Gasteiger partial charge in [0.05, 0.1) is 0 Å². The third-order valence-electron chi connectivity index (χ3n) is 1.65. The summed E-state index contributed by atoms with van der Waals surface area (Å²) in [6, 6.07) is 5.97. The highest BCUT2D eigenvalue weighted by molar-refractivity contribution is 6.33. The van der Waals surface area contributed by atoms with Gasteiger partial charge >= 0.3 is 0 Å². The van der Waals surface area contributed by atoms with E-state index in [1.165, 1.54) is 0 Å². The average Bonchev–Trinajstić information content (AvgIpc) is 1.98. The van der Waals surface area contributed by atoms with Crippen LogP contribution in [-0.2, 0) is 0 Å². The molecular formula is C9H12BN. The second kappa shape index (κ2) is 3.47. The van der Waals surface area contributed by atoms with Gasteiger partial charge in [-0.05, 0) is 26.0 Å². The Morgan fingerprint density at radius 1 is 1.45 bits per heavy atom. The van der Waals surface area contributed by atoms with Gasteiger partial charge in [-0.3, -0.25) is 0 Å². The number of anilines is 1. The number of nitrogens with one attached hydrogen (secondary N) is 1. The monoisotopic (exact) mass is 145 g/mol. The predicted octanol–water partition coefficient (Wildman–Crippen LogP) is 1.22. The summed E-state index contributed by atoms with van der Waals surface area (Å²) < 4.78 is 0. The normalized spacial score (nSPS) is 9.64. The Morgan fingerprint density at radius 3 is 2.73 bits per heavy atom. The molecule has 0 amide bonds. The van der Waals surface area contributed by atoms with Crippen molar-refractivity contribution in [3.8, 4) is 0 Å². The molecular weight excluding hydrogens is 133 g/mol. The number of hydrogen-bond acceptors (Lipinski definition) is 1. The molecule has 0 unspecified atom stereocenters. The lowest BCUT2D eigenvalue weighted by Gasteiger charge is -2.05. The summed E-state index contributed by atoms with van der Waals surface area (Å²) >= 11 is 0. The van der Waals surface area contributed by atoms with Gasteiger partial charge in [0.25, 0.3) is 0 Å². The van der Waals surface area contributed by atoms with Gasteiger partial charge in [-0.15, -0.1) is 0 Å². The summed E-state index contributed by atoms with van der Waals surface area (Å²) in [4.78, 5) is 0. The van der Waals surface area contributed by atoms with Crippen molar-refractivity contribution < 1.29 is 0 Å². The molecule has 0 saturated heterocycles. The van der Waals surface area contributed by atoms with Crippen LogP contribution >= 0.6 is 0 Å². The van der Waals surface area contributed by atoms with E-state index in [-0.39, 0.29) is 0 Å². The first-order chi connectivity index (χ1) is 5.24. The quantitative estimate of drug-likeness (QED) is 0.617. The summed E-state index contributed by atoms with van der Waals surface area (Å²) in [6.45, 7) is 5.03. The molecule has 0 bridgehead atoms. The van der Waals surface area contributed by atoms with Crippen molar-refractivity contribution in [2.24, 2.45) is 0 Å². The van der Waals surface area contributed by atoms with Gasteiger partial charge in [0.2, 0.25) is 0 Å². The molecule has 0 aliphatic heterocycles. The fraction of sp³-hybridized carbons (Fsp3) is 0.333. The zero-order valence-corrected chi connectivity index (χ0v) is 7.02. The largest absolute Gasteiger partial charge is 0.385 e. The number of rotatable bonds is 2. The maximum absolute atomic E-state index is 5.66. The smallest absolute Gasteiger partial charge is 0.114 e. The molecule has 0 saturated carbocycles. The fourth-order valence-corrected chi connectivity index (χ4v) is 0.990. The SMILES string of the molecule is [B]c1ccc(NCC)cc1C. The lowest BCUT2D eigenvalue weighted by Crippen LogP contribution is -2.07. The van der Waals surface area contributed by atoms with Crippen LogP contribution in [0.3, 0.4) is 0 Å². The fourth-order valence-electron chi connectivity index (χ4n) is 0.990. The third kappa shape index (κ3) is 2.00. The summed E-state index contributed by atoms with van der Waals surface area (Å²) in [5.74, 6) is 0. The third-order valence-corrected chi connectivity index (χ3v) is 1.65. The van der Waals surface area contributed by atoms with E-state index in [0.717, 1.165) is 23.3 Å². The van der Waals surface area contributed by atoms with E-state index in [1.807, 2.05) is 19.1 Å². The number of aryl methyl sites for hydroxylation is 1. The predicted molar refractivity (Wildman–Crippen MR) is 50.7 cm³/mol. The van der Waals surface area contributed by atoms with Gasteiger partial charge in [-0.25, -0.2) is 0 Å². The van der Waals surface area contributed by atoms with Gasteiger partial charge < -0.3 is 5.32 Å². The summed E-state index contributed by atoms with van der Waals surface area (Å²) in [7, 11) is 5.66. The van der Waals surface area contributed by atoms with Gasteiger partial charge in [0, 0.05) is 12.2 Å². The van der Waals surface area contributed by atoms with Gasteiger partial charge in [-0.2, -0.15) is 0 Å². The Labute approximate surface area is 69.2 Å². The van der Waals surface area contributed by atoms with E-state index in [2.05, 4.69) is 18.3 Å². The van der Waals surface area contributed by atoms with Crippen molar-refractivity contribution >= 4 is 19.0 Å². The molecule has 1 rings (SSSR count). The standard InChI is InChI=1S/C9H12BN/c1-3-11-8-4-5-9(10)7(2)6-8/h4-6,11H,3H2,1-2H3. The minimum absolute atomic E-state index is 0.853. The second-order valence-electron chi connectivity index (χ2n) is 2.60. The van der Waals surface area contributed by atoms with E-state index in [1.54, 1.807) is 0 Å². The molecule has 1 aromatic carbocycles. The van der Waals surface area contributed by atoms with Crippen LogP contribution in [0.5, 0.6) is 0 Å². The topological polar surface area (TPSA) is 12.0 Å². The molecule has 1 aromatic rings. The first kappa shape index (κ1) is 8.18. The lowest BCUT2D eigenvalue weighted by molar-refractivity contribution is 1.21. The van der Waals surface area contributed by atoms with E-state index >= 15 is 0 Å². The van der Waals surface area contributed by atoms with Crippen LogP contribution in [0.2, 0.25) is 0 Å². The van der Waals surface area contributed by atoms with Crippen LogP contribution in [0, 0.1) is 6.92 Å². The van der Waals surface area contributed by atoms with Crippen molar-refractivity contribution in [2.75, 3.05) is 11.9 Å². The molecule has 1 nitrogen and oxygen atoms in total. The molecule has 0 aliphatic carbocycles. The summed E-state index contributed by atoms with van der Waals surface area (Å²) in [5.41, 5.74) is 3.12. The lowest BCUT2D eigenvalue weighted by atomic mass is 9.91. The molecule has 0 atom stereocenters. The van der Waals surface area contributed by atoms with Crippen molar-refractivity contribution in [1.29, 1.82) is 0 Å². The Balaban J connectivity index is 2.86. The first-order valence-electron chi connectivity index (χ1n) is 3.84. The minimum atomic E-state index is 0.853. The molecule has 0 heterocycles.